The van der Waals surface area contributed by atoms with Crippen molar-refractivity contribution in [3.8, 4) is 0 Å². The zero-order valence-corrected chi connectivity index (χ0v) is 5.93. The van der Waals surface area contributed by atoms with E-state index in [1.54, 1.807) is 6.20 Å². The van der Waals surface area contributed by atoms with Gasteiger partial charge in [-0.1, -0.05) is 26.0 Å². The maximum Gasteiger partial charge on any atom is 0.0292 e. The maximum atomic E-state index is 3.64. The number of hydrogen-bond acceptors (Lipinski definition) is 1. The van der Waals surface area contributed by atoms with Gasteiger partial charge in [-0.2, -0.15) is 0 Å². The first-order valence-corrected chi connectivity index (χ1v) is 3.12. The highest BCUT2D eigenvalue weighted by molar-refractivity contribution is 5.28. The standard InChI is InChI=1S/C8H13N/c1-4-6-8(5-2)7-9-3/h5,7H,2-4,6H2,1H3. The van der Waals surface area contributed by atoms with Crippen molar-refractivity contribution in [2.24, 2.45) is 4.99 Å². The lowest BCUT2D eigenvalue weighted by Crippen LogP contribution is -1.73. The maximum absolute atomic E-state index is 3.64. The molecule has 1 heteroatoms. The van der Waals surface area contributed by atoms with Crippen LogP contribution in [0.3, 0.4) is 0 Å². The summed E-state index contributed by atoms with van der Waals surface area (Å²) in [5.74, 6) is 0. The van der Waals surface area contributed by atoms with Crippen LogP contribution in [0.5, 0.6) is 0 Å². The number of aliphatic imine (C=N–C) groups is 1. The molecule has 0 unspecified atom stereocenters. The van der Waals surface area contributed by atoms with E-state index >= 15 is 0 Å². The van der Waals surface area contributed by atoms with Crippen LogP contribution in [0, 0.1) is 0 Å². The summed E-state index contributed by atoms with van der Waals surface area (Å²) in [6, 6.07) is 0. The molecule has 0 spiro atoms. The van der Waals surface area contributed by atoms with Crippen molar-refractivity contribution in [3.63, 3.8) is 0 Å². The minimum absolute atomic E-state index is 1.04. The van der Waals surface area contributed by atoms with Gasteiger partial charge in [0.1, 0.15) is 0 Å². The van der Waals surface area contributed by atoms with Gasteiger partial charge in [-0.3, -0.25) is 4.99 Å². The van der Waals surface area contributed by atoms with Gasteiger partial charge in [-0.25, -0.2) is 0 Å². The summed E-state index contributed by atoms with van der Waals surface area (Å²) in [4.78, 5) is 3.64. The minimum atomic E-state index is 1.04. The van der Waals surface area contributed by atoms with Crippen molar-refractivity contribution in [1.29, 1.82) is 0 Å². The molecule has 0 atom stereocenters. The quantitative estimate of drug-likeness (QED) is 0.402. The Morgan fingerprint density at radius 3 is 2.67 bits per heavy atom. The van der Waals surface area contributed by atoms with E-state index in [-0.39, 0.29) is 0 Å². The third-order valence-electron chi connectivity index (χ3n) is 1.06. The molecule has 0 aliphatic heterocycles. The lowest BCUT2D eigenvalue weighted by molar-refractivity contribution is 0.923. The van der Waals surface area contributed by atoms with E-state index < -0.39 is 0 Å². The molecule has 50 valence electrons. The van der Waals surface area contributed by atoms with E-state index in [1.807, 2.05) is 6.08 Å². The van der Waals surface area contributed by atoms with Crippen LogP contribution in [0.2, 0.25) is 0 Å². The molecular formula is C8H13N. The molecule has 0 N–H and O–H groups in total. The second-order valence-corrected chi connectivity index (χ2v) is 1.84. The topological polar surface area (TPSA) is 12.4 Å². The molecule has 0 bridgehead atoms. The van der Waals surface area contributed by atoms with E-state index in [0.29, 0.717) is 0 Å². The van der Waals surface area contributed by atoms with Crippen LogP contribution in [0.15, 0.2) is 29.4 Å². The minimum Gasteiger partial charge on any atom is -0.272 e. The Morgan fingerprint density at radius 2 is 2.33 bits per heavy atom. The second kappa shape index (κ2) is 5.29. The molecule has 0 aromatic rings. The highest BCUT2D eigenvalue weighted by atomic mass is 14.6. The first kappa shape index (κ1) is 8.15. The largest absolute Gasteiger partial charge is 0.272 e. The van der Waals surface area contributed by atoms with E-state index in [0.717, 1.165) is 18.4 Å². The summed E-state index contributed by atoms with van der Waals surface area (Å²) in [5.41, 5.74) is 1.16. The zero-order valence-electron chi connectivity index (χ0n) is 5.93. The Balaban J connectivity index is 3.80. The van der Waals surface area contributed by atoms with Crippen LogP contribution in [0.1, 0.15) is 19.8 Å². The van der Waals surface area contributed by atoms with Gasteiger partial charge in [0.2, 0.25) is 0 Å². The van der Waals surface area contributed by atoms with Gasteiger partial charge in [-0.15, -0.1) is 0 Å². The lowest BCUT2D eigenvalue weighted by Gasteiger charge is -1.93. The van der Waals surface area contributed by atoms with Crippen LogP contribution < -0.4 is 0 Å². The number of allylic oxidation sites excluding steroid dienone is 2. The van der Waals surface area contributed by atoms with Crippen LogP contribution in [-0.4, -0.2) is 6.72 Å². The van der Waals surface area contributed by atoms with E-state index in [2.05, 4.69) is 25.2 Å². The van der Waals surface area contributed by atoms with Crippen LogP contribution in [-0.2, 0) is 0 Å². The molecule has 0 amide bonds. The van der Waals surface area contributed by atoms with Gasteiger partial charge in [0.25, 0.3) is 0 Å². The summed E-state index contributed by atoms with van der Waals surface area (Å²) in [7, 11) is 0. The van der Waals surface area contributed by atoms with Crippen molar-refractivity contribution in [1.82, 2.24) is 0 Å². The van der Waals surface area contributed by atoms with Crippen molar-refractivity contribution in [3.05, 3.63) is 24.4 Å². The fourth-order valence-electron chi connectivity index (χ4n) is 0.625. The molecule has 1 nitrogen and oxygen atoms in total. The molecule has 0 saturated heterocycles. The number of nitrogens with zero attached hydrogens (tertiary/aromatic N) is 1. The summed E-state index contributed by atoms with van der Waals surface area (Å²) in [6.45, 7) is 9.12. The fourth-order valence-corrected chi connectivity index (χ4v) is 0.625. The molecule has 0 aliphatic rings. The molecule has 0 aromatic heterocycles. The van der Waals surface area contributed by atoms with Crippen LogP contribution in [0.4, 0.5) is 0 Å². The molecule has 0 rings (SSSR count). The predicted molar refractivity (Wildman–Crippen MR) is 42.7 cm³/mol. The molecule has 0 saturated carbocycles. The van der Waals surface area contributed by atoms with Gasteiger partial charge in [0.15, 0.2) is 0 Å². The third kappa shape index (κ3) is 3.71. The fraction of sp³-hybridized carbons (Fsp3) is 0.375. The normalized spacial score (nSPS) is 11.0. The molecule has 0 radical (unpaired) electrons. The average Bonchev–Trinajstić information content (AvgIpc) is 1.88. The molecule has 0 heterocycles. The van der Waals surface area contributed by atoms with Crippen molar-refractivity contribution < 1.29 is 0 Å². The molecule has 0 aliphatic carbocycles. The van der Waals surface area contributed by atoms with E-state index in [1.165, 1.54) is 0 Å². The highest BCUT2D eigenvalue weighted by Crippen LogP contribution is 2.04. The smallest absolute Gasteiger partial charge is 0.0292 e. The van der Waals surface area contributed by atoms with Crippen molar-refractivity contribution >= 4 is 6.72 Å². The van der Waals surface area contributed by atoms with Gasteiger partial charge in [-0.05, 0) is 18.7 Å². The van der Waals surface area contributed by atoms with Crippen LogP contribution >= 0.6 is 0 Å². The van der Waals surface area contributed by atoms with E-state index in [4.69, 9.17) is 0 Å². The first-order valence-electron chi connectivity index (χ1n) is 3.12. The van der Waals surface area contributed by atoms with Gasteiger partial charge >= 0.3 is 0 Å². The predicted octanol–water partition coefficient (Wildman–Crippen LogP) is 2.56. The molecule has 9 heavy (non-hydrogen) atoms. The summed E-state index contributed by atoms with van der Waals surface area (Å²) >= 11 is 0. The summed E-state index contributed by atoms with van der Waals surface area (Å²) in [5, 5.41) is 0. The second-order valence-electron chi connectivity index (χ2n) is 1.84. The average molecular weight is 123 g/mol. The van der Waals surface area contributed by atoms with Crippen molar-refractivity contribution in [2.45, 2.75) is 19.8 Å². The summed E-state index contributed by atoms with van der Waals surface area (Å²) in [6.07, 6.45) is 5.74. The Bertz CT molecular complexity index is 123. The number of rotatable bonds is 4. The molecule has 0 aromatic carbocycles. The van der Waals surface area contributed by atoms with Crippen LogP contribution in [0.25, 0.3) is 0 Å². The van der Waals surface area contributed by atoms with Crippen molar-refractivity contribution in [2.75, 3.05) is 0 Å². The SMILES string of the molecule is C=CC(=CN=C)CCC. The summed E-state index contributed by atoms with van der Waals surface area (Å²) < 4.78 is 0. The monoisotopic (exact) mass is 123 g/mol. The zero-order chi connectivity index (χ0) is 7.11. The Labute approximate surface area is 56.8 Å². The Kier molecular flexibility index (Phi) is 4.79. The molecule has 0 fully saturated rings. The molecular weight excluding hydrogens is 110 g/mol. The Morgan fingerprint density at radius 1 is 1.67 bits per heavy atom. The first-order chi connectivity index (χ1) is 4.35. The Hall–Kier alpha value is -0.850. The lowest BCUT2D eigenvalue weighted by atomic mass is 10.2. The van der Waals surface area contributed by atoms with E-state index in [9.17, 15) is 0 Å². The highest BCUT2D eigenvalue weighted by Gasteiger charge is 1.85. The van der Waals surface area contributed by atoms with Gasteiger partial charge < -0.3 is 0 Å². The van der Waals surface area contributed by atoms with Gasteiger partial charge in [0, 0.05) is 6.20 Å². The third-order valence-corrected chi connectivity index (χ3v) is 1.06. The number of hydrogen-bond donors (Lipinski definition) is 0. The van der Waals surface area contributed by atoms with Gasteiger partial charge in [0.05, 0.1) is 0 Å².